The molecule has 0 aliphatic heterocycles. The molecule has 0 saturated heterocycles. The van der Waals surface area contributed by atoms with Crippen molar-refractivity contribution < 1.29 is 18.6 Å². The molecule has 23 heavy (non-hydrogen) atoms. The van der Waals surface area contributed by atoms with Gasteiger partial charge in [-0.3, -0.25) is 0 Å². The normalized spacial score (nSPS) is 10.4. The van der Waals surface area contributed by atoms with Crippen molar-refractivity contribution in [2.45, 2.75) is 0 Å². The lowest BCUT2D eigenvalue weighted by Crippen LogP contribution is -1.95. The van der Waals surface area contributed by atoms with E-state index in [2.05, 4.69) is 0 Å². The van der Waals surface area contributed by atoms with Crippen molar-refractivity contribution >= 4 is 0 Å². The lowest BCUT2D eigenvalue weighted by atomic mass is 10.1. The summed E-state index contributed by atoms with van der Waals surface area (Å²) in [6, 6.07) is 17.6. The number of furan rings is 1. The van der Waals surface area contributed by atoms with Gasteiger partial charge in [0.05, 0.1) is 21.3 Å². The summed E-state index contributed by atoms with van der Waals surface area (Å²) in [4.78, 5) is 0. The minimum absolute atomic E-state index is 0.564. The molecule has 0 radical (unpaired) electrons. The van der Waals surface area contributed by atoms with Gasteiger partial charge in [0, 0.05) is 11.1 Å². The quantitative estimate of drug-likeness (QED) is 0.688. The zero-order chi connectivity index (χ0) is 16.2. The van der Waals surface area contributed by atoms with Gasteiger partial charge in [0.15, 0.2) is 11.5 Å². The van der Waals surface area contributed by atoms with E-state index in [4.69, 9.17) is 18.6 Å². The first-order valence-corrected chi connectivity index (χ1v) is 7.22. The van der Waals surface area contributed by atoms with Gasteiger partial charge < -0.3 is 18.6 Å². The van der Waals surface area contributed by atoms with E-state index in [0.717, 1.165) is 22.6 Å². The van der Waals surface area contributed by atoms with E-state index >= 15 is 0 Å². The first-order valence-electron chi connectivity index (χ1n) is 7.22. The van der Waals surface area contributed by atoms with Crippen LogP contribution in [-0.4, -0.2) is 21.3 Å². The van der Waals surface area contributed by atoms with Gasteiger partial charge in [-0.1, -0.05) is 30.3 Å². The molecule has 0 amide bonds. The smallest absolute Gasteiger partial charge is 0.203 e. The van der Waals surface area contributed by atoms with Crippen molar-refractivity contribution in [3.63, 3.8) is 0 Å². The van der Waals surface area contributed by atoms with Crippen molar-refractivity contribution in [1.82, 2.24) is 0 Å². The van der Waals surface area contributed by atoms with E-state index in [0.29, 0.717) is 17.2 Å². The van der Waals surface area contributed by atoms with Crippen molar-refractivity contribution in [2.24, 2.45) is 0 Å². The molecule has 1 heterocycles. The van der Waals surface area contributed by atoms with Gasteiger partial charge in [0.25, 0.3) is 0 Å². The summed E-state index contributed by atoms with van der Waals surface area (Å²) in [5.74, 6) is 3.31. The van der Waals surface area contributed by atoms with E-state index in [1.165, 1.54) is 0 Å². The van der Waals surface area contributed by atoms with Gasteiger partial charge in [-0.05, 0) is 24.3 Å². The molecule has 0 N–H and O–H groups in total. The third-order valence-corrected chi connectivity index (χ3v) is 3.61. The van der Waals surface area contributed by atoms with E-state index < -0.39 is 0 Å². The molecule has 0 spiro atoms. The number of benzene rings is 2. The number of hydrogen-bond donors (Lipinski definition) is 0. The molecule has 2 aromatic carbocycles. The molecule has 0 fully saturated rings. The molecule has 0 bridgehead atoms. The Morgan fingerprint density at radius 3 is 1.74 bits per heavy atom. The van der Waals surface area contributed by atoms with E-state index in [1.54, 1.807) is 21.3 Å². The van der Waals surface area contributed by atoms with Crippen LogP contribution in [-0.2, 0) is 0 Å². The molecule has 4 nitrogen and oxygen atoms in total. The Morgan fingerprint density at radius 2 is 1.22 bits per heavy atom. The highest BCUT2D eigenvalue weighted by Crippen LogP contribution is 2.42. The second kappa shape index (κ2) is 6.48. The Hall–Kier alpha value is -2.88. The summed E-state index contributed by atoms with van der Waals surface area (Å²) in [6.07, 6.45) is 0. The molecule has 3 rings (SSSR count). The van der Waals surface area contributed by atoms with Crippen LogP contribution < -0.4 is 14.2 Å². The van der Waals surface area contributed by atoms with E-state index in [1.807, 2.05) is 54.6 Å². The lowest BCUT2D eigenvalue weighted by molar-refractivity contribution is 0.324. The number of methoxy groups -OCH3 is 3. The third kappa shape index (κ3) is 2.88. The molecule has 118 valence electrons. The molecule has 0 atom stereocenters. The van der Waals surface area contributed by atoms with Crippen LogP contribution in [0.15, 0.2) is 59.0 Å². The van der Waals surface area contributed by atoms with Crippen molar-refractivity contribution in [1.29, 1.82) is 0 Å². The number of ether oxygens (including phenoxy) is 3. The second-order valence-electron chi connectivity index (χ2n) is 4.94. The summed E-state index contributed by atoms with van der Waals surface area (Å²) in [5, 5.41) is 0. The van der Waals surface area contributed by atoms with Crippen molar-refractivity contribution in [3.05, 3.63) is 54.6 Å². The highest BCUT2D eigenvalue weighted by Gasteiger charge is 2.16. The summed E-state index contributed by atoms with van der Waals surface area (Å²) < 4.78 is 22.1. The molecular weight excluding hydrogens is 292 g/mol. The molecule has 0 aliphatic rings. The number of hydrogen-bond acceptors (Lipinski definition) is 4. The highest BCUT2D eigenvalue weighted by atomic mass is 16.5. The fourth-order valence-electron chi connectivity index (χ4n) is 2.47. The predicted molar refractivity (Wildman–Crippen MR) is 89.2 cm³/mol. The molecule has 4 heteroatoms. The van der Waals surface area contributed by atoms with Gasteiger partial charge in [0.2, 0.25) is 5.75 Å². The van der Waals surface area contributed by atoms with Crippen molar-refractivity contribution in [3.8, 4) is 39.9 Å². The van der Waals surface area contributed by atoms with Crippen molar-refractivity contribution in [2.75, 3.05) is 21.3 Å². The molecule has 0 unspecified atom stereocenters. The highest BCUT2D eigenvalue weighted by molar-refractivity contribution is 5.70. The maximum absolute atomic E-state index is 5.98. The number of rotatable bonds is 5. The Morgan fingerprint density at radius 1 is 0.652 bits per heavy atom. The fraction of sp³-hybridized carbons (Fsp3) is 0.158. The monoisotopic (exact) mass is 310 g/mol. The topological polar surface area (TPSA) is 40.8 Å². The van der Waals surface area contributed by atoms with Crippen LogP contribution in [0.2, 0.25) is 0 Å². The summed E-state index contributed by atoms with van der Waals surface area (Å²) in [7, 11) is 4.78. The molecular formula is C19H18O4. The SMILES string of the molecule is COc1cc(-c2ccc(-c3ccccc3)o2)cc(OC)c1OC. The first kappa shape index (κ1) is 15.0. The minimum Gasteiger partial charge on any atom is -0.493 e. The maximum atomic E-state index is 5.98. The second-order valence-corrected chi connectivity index (χ2v) is 4.94. The maximum Gasteiger partial charge on any atom is 0.203 e. The molecule has 0 saturated carbocycles. The molecule has 0 aliphatic carbocycles. The minimum atomic E-state index is 0.564. The summed E-state index contributed by atoms with van der Waals surface area (Å²) >= 11 is 0. The Bertz CT molecular complexity index is 765. The standard InChI is InChI=1S/C19H18O4/c1-20-17-11-14(12-18(21-2)19(17)22-3)16-10-9-15(23-16)13-7-5-4-6-8-13/h4-12H,1-3H3. The van der Waals surface area contributed by atoms with Crippen LogP contribution in [0.1, 0.15) is 0 Å². The van der Waals surface area contributed by atoms with Gasteiger partial charge in [-0.15, -0.1) is 0 Å². The average molecular weight is 310 g/mol. The van der Waals surface area contributed by atoms with Gasteiger partial charge in [0.1, 0.15) is 11.5 Å². The van der Waals surface area contributed by atoms with Crippen LogP contribution in [0.3, 0.4) is 0 Å². The Balaban J connectivity index is 2.04. The Labute approximate surface area is 135 Å². The van der Waals surface area contributed by atoms with Gasteiger partial charge >= 0.3 is 0 Å². The third-order valence-electron chi connectivity index (χ3n) is 3.61. The van der Waals surface area contributed by atoms with Crippen LogP contribution in [0, 0.1) is 0 Å². The van der Waals surface area contributed by atoms with E-state index in [9.17, 15) is 0 Å². The van der Waals surface area contributed by atoms with Gasteiger partial charge in [-0.2, -0.15) is 0 Å². The summed E-state index contributed by atoms with van der Waals surface area (Å²) in [5.41, 5.74) is 1.90. The predicted octanol–water partition coefficient (Wildman–Crippen LogP) is 4.64. The molecule has 1 aromatic heterocycles. The zero-order valence-corrected chi connectivity index (χ0v) is 13.3. The van der Waals surface area contributed by atoms with Crippen LogP contribution >= 0.6 is 0 Å². The van der Waals surface area contributed by atoms with Crippen LogP contribution in [0.4, 0.5) is 0 Å². The largest absolute Gasteiger partial charge is 0.493 e. The van der Waals surface area contributed by atoms with E-state index in [-0.39, 0.29) is 0 Å². The first-order chi connectivity index (χ1) is 11.3. The zero-order valence-electron chi connectivity index (χ0n) is 13.3. The van der Waals surface area contributed by atoms with Crippen LogP contribution in [0.5, 0.6) is 17.2 Å². The fourth-order valence-corrected chi connectivity index (χ4v) is 2.47. The average Bonchev–Trinajstić information content (AvgIpc) is 3.11. The van der Waals surface area contributed by atoms with Crippen LogP contribution in [0.25, 0.3) is 22.6 Å². The lowest BCUT2D eigenvalue weighted by Gasteiger charge is -2.13. The summed E-state index contributed by atoms with van der Waals surface area (Å²) in [6.45, 7) is 0. The van der Waals surface area contributed by atoms with Gasteiger partial charge in [-0.25, -0.2) is 0 Å². The molecule has 3 aromatic rings. The Kier molecular flexibility index (Phi) is 4.24.